The molecule has 1 amide bonds. The third-order valence-corrected chi connectivity index (χ3v) is 3.54. The van der Waals surface area contributed by atoms with Crippen LogP contribution in [0.2, 0.25) is 0 Å². The van der Waals surface area contributed by atoms with Crippen molar-refractivity contribution in [2.45, 2.75) is 6.92 Å². The molecule has 0 spiro atoms. The van der Waals surface area contributed by atoms with Crippen LogP contribution in [0.4, 0.5) is 5.69 Å². The number of rotatable bonds is 2. The van der Waals surface area contributed by atoms with Gasteiger partial charge in [0.1, 0.15) is 0 Å². The average molecular weight is 264 g/mol. The van der Waals surface area contributed by atoms with Crippen LogP contribution < -0.4 is 5.32 Å². The second-order valence-electron chi connectivity index (χ2n) is 4.94. The highest BCUT2D eigenvalue weighted by atomic mass is 16.1. The van der Waals surface area contributed by atoms with Gasteiger partial charge in [0.05, 0.1) is 11.1 Å². The van der Waals surface area contributed by atoms with E-state index >= 15 is 0 Å². The number of hydrogen-bond acceptors (Lipinski definition) is 1. The molecule has 3 nitrogen and oxygen atoms in total. The van der Waals surface area contributed by atoms with Crippen LogP contribution in [0, 0.1) is 6.92 Å². The Hall–Kier alpha value is -2.55. The summed E-state index contributed by atoms with van der Waals surface area (Å²) in [5.74, 6) is -0.0771. The van der Waals surface area contributed by atoms with E-state index in [0.29, 0.717) is 5.56 Å². The number of para-hydroxylation sites is 2. The molecular weight excluding hydrogens is 248 g/mol. The molecule has 0 bridgehead atoms. The lowest BCUT2D eigenvalue weighted by atomic mass is 10.1. The Kier molecular flexibility index (Phi) is 3.03. The Labute approximate surface area is 117 Å². The fourth-order valence-corrected chi connectivity index (χ4v) is 2.44. The molecule has 3 aromatic rings. The summed E-state index contributed by atoms with van der Waals surface area (Å²) in [5.41, 5.74) is 3.56. The zero-order chi connectivity index (χ0) is 14.1. The van der Waals surface area contributed by atoms with Crippen molar-refractivity contribution in [3.63, 3.8) is 0 Å². The summed E-state index contributed by atoms with van der Waals surface area (Å²) >= 11 is 0. The van der Waals surface area contributed by atoms with Crippen LogP contribution in [0.5, 0.6) is 0 Å². The average Bonchev–Trinajstić information content (AvgIpc) is 2.83. The van der Waals surface area contributed by atoms with Gasteiger partial charge in [-0.3, -0.25) is 4.79 Å². The molecule has 0 saturated heterocycles. The van der Waals surface area contributed by atoms with E-state index in [-0.39, 0.29) is 5.91 Å². The molecule has 3 heteroatoms. The largest absolute Gasteiger partial charge is 0.350 e. The summed E-state index contributed by atoms with van der Waals surface area (Å²) in [6.07, 6.45) is 1.97. The molecule has 0 aliphatic heterocycles. The molecule has 100 valence electrons. The van der Waals surface area contributed by atoms with Crippen molar-refractivity contribution >= 4 is 22.5 Å². The topological polar surface area (TPSA) is 34.0 Å². The molecule has 1 aromatic heterocycles. The number of aromatic nitrogens is 1. The van der Waals surface area contributed by atoms with Gasteiger partial charge in [-0.1, -0.05) is 30.3 Å². The molecule has 0 atom stereocenters. The number of amides is 1. The molecule has 0 unspecified atom stereocenters. The Morgan fingerprint density at radius 3 is 2.65 bits per heavy atom. The molecule has 0 fully saturated rings. The van der Waals surface area contributed by atoms with E-state index in [1.165, 1.54) is 0 Å². The molecule has 20 heavy (non-hydrogen) atoms. The highest BCUT2D eigenvalue weighted by Crippen LogP contribution is 2.21. The van der Waals surface area contributed by atoms with E-state index in [0.717, 1.165) is 22.2 Å². The molecule has 0 radical (unpaired) electrons. The molecule has 2 aromatic carbocycles. The summed E-state index contributed by atoms with van der Waals surface area (Å²) in [7, 11) is 1.95. The van der Waals surface area contributed by atoms with E-state index in [1.807, 2.05) is 73.3 Å². The lowest BCUT2D eigenvalue weighted by molar-refractivity contribution is 0.102. The first-order chi connectivity index (χ1) is 9.66. The van der Waals surface area contributed by atoms with Gasteiger partial charge in [0.15, 0.2) is 0 Å². The van der Waals surface area contributed by atoms with Gasteiger partial charge >= 0.3 is 0 Å². The summed E-state index contributed by atoms with van der Waals surface area (Å²) in [5, 5.41) is 4.06. The Balaban J connectivity index is 2.01. The maximum Gasteiger partial charge on any atom is 0.257 e. The predicted molar refractivity (Wildman–Crippen MR) is 82.1 cm³/mol. The fourth-order valence-electron chi connectivity index (χ4n) is 2.44. The smallest absolute Gasteiger partial charge is 0.257 e. The maximum atomic E-state index is 12.5. The van der Waals surface area contributed by atoms with E-state index in [1.54, 1.807) is 0 Å². The normalized spacial score (nSPS) is 10.7. The van der Waals surface area contributed by atoms with Crippen molar-refractivity contribution in [2.75, 3.05) is 5.32 Å². The monoisotopic (exact) mass is 264 g/mol. The minimum absolute atomic E-state index is 0.0771. The molecule has 0 saturated carbocycles. The number of nitrogens with one attached hydrogen (secondary N) is 1. The minimum atomic E-state index is -0.0771. The molecule has 1 N–H and O–H groups in total. The summed E-state index contributed by atoms with van der Waals surface area (Å²) in [6.45, 7) is 1.98. The van der Waals surface area contributed by atoms with Crippen LogP contribution in [0.1, 0.15) is 15.9 Å². The van der Waals surface area contributed by atoms with Crippen LogP contribution in [-0.2, 0) is 7.05 Å². The zero-order valence-corrected chi connectivity index (χ0v) is 11.6. The van der Waals surface area contributed by atoms with Crippen LogP contribution in [0.25, 0.3) is 10.9 Å². The Morgan fingerprint density at radius 1 is 1.05 bits per heavy atom. The van der Waals surface area contributed by atoms with Gasteiger partial charge in [0, 0.05) is 24.3 Å². The molecule has 3 rings (SSSR count). The molecule has 1 heterocycles. The van der Waals surface area contributed by atoms with E-state index in [4.69, 9.17) is 0 Å². The van der Waals surface area contributed by atoms with Crippen molar-refractivity contribution in [3.8, 4) is 0 Å². The number of aryl methyl sites for hydroxylation is 2. The van der Waals surface area contributed by atoms with E-state index < -0.39 is 0 Å². The number of nitrogens with zero attached hydrogens (tertiary/aromatic N) is 1. The first-order valence-corrected chi connectivity index (χ1v) is 6.58. The Bertz CT molecular complexity index is 787. The van der Waals surface area contributed by atoms with Gasteiger partial charge in [-0.2, -0.15) is 0 Å². The summed E-state index contributed by atoms with van der Waals surface area (Å²) in [6, 6.07) is 15.6. The number of hydrogen-bond donors (Lipinski definition) is 1. The van der Waals surface area contributed by atoms with Gasteiger partial charge in [0.2, 0.25) is 0 Å². The lowest BCUT2D eigenvalue weighted by Gasteiger charge is -2.10. The standard InChI is InChI=1S/C17H16N2O/c1-12-6-3-4-9-15(12)18-17(20)14-8-5-7-13-10-11-19(2)16(13)14/h3-11H,1-2H3,(H,18,20). The van der Waals surface area contributed by atoms with Gasteiger partial charge in [-0.05, 0) is 30.7 Å². The first-order valence-electron chi connectivity index (χ1n) is 6.58. The van der Waals surface area contributed by atoms with E-state index in [9.17, 15) is 4.79 Å². The SMILES string of the molecule is Cc1ccccc1NC(=O)c1cccc2ccn(C)c12. The number of carbonyl (C=O) groups excluding carboxylic acids is 1. The number of benzene rings is 2. The quantitative estimate of drug-likeness (QED) is 0.751. The van der Waals surface area contributed by atoms with Crippen LogP contribution in [0.3, 0.4) is 0 Å². The predicted octanol–water partition coefficient (Wildman–Crippen LogP) is 3.74. The second kappa shape index (κ2) is 4.85. The number of fused-ring (bicyclic) bond motifs is 1. The number of carbonyl (C=O) groups is 1. The van der Waals surface area contributed by atoms with Crippen molar-refractivity contribution in [3.05, 3.63) is 65.9 Å². The minimum Gasteiger partial charge on any atom is -0.350 e. The van der Waals surface area contributed by atoms with Crippen LogP contribution in [0.15, 0.2) is 54.7 Å². The second-order valence-corrected chi connectivity index (χ2v) is 4.94. The highest BCUT2D eigenvalue weighted by molar-refractivity contribution is 6.12. The Morgan fingerprint density at radius 2 is 1.85 bits per heavy atom. The van der Waals surface area contributed by atoms with Crippen molar-refractivity contribution < 1.29 is 4.79 Å². The van der Waals surface area contributed by atoms with E-state index in [2.05, 4.69) is 5.32 Å². The zero-order valence-electron chi connectivity index (χ0n) is 11.6. The van der Waals surface area contributed by atoms with Gasteiger partial charge in [-0.15, -0.1) is 0 Å². The summed E-state index contributed by atoms with van der Waals surface area (Å²) in [4.78, 5) is 12.5. The van der Waals surface area contributed by atoms with Crippen LogP contribution in [-0.4, -0.2) is 10.5 Å². The van der Waals surface area contributed by atoms with Crippen molar-refractivity contribution in [2.24, 2.45) is 7.05 Å². The third kappa shape index (κ3) is 2.07. The highest BCUT2D eigenvalue weighted by Gasteiger charge is 2.13. The van der Waals surface area contributed by atoms with Crippen molar-refractivity contribution in [1.29, 1.82) is 0 Å². The van der Waals surface area contributed by atoms with Crippen molar-refractivity contribution in [1.82, 2.24) is 4.57 Å². The lowest BCUT2D eigenvalue weighted by Crippen LogP contribution is -2.14. The molecule has 0 aliphatic carbocycles. The van der Waals surface area contributed by atoms with Gasteiger partial charge in [0.25, 0.3) is 5.91 Å². The fraction of sp³-hybridized carbons (Fsp3) is 0.118. The van der Waals surface area contributed by atoms with Gasteiger partial charge in [-0.25, -0.2) is 0 Å². The number of anilines is 1. The summed E-state index contributed by atoms with van der Waals surface area (Å²) < 4.78 is 1.97. The van der Waals surface area contributed by atoms with Crippen LogP contribution >= 0.6 is 0 Å². The maximum absolute atomic E-state index is 12.5. The molecular formula is C17H16N2O. The van der Waals surface area contributed by atoms with Gasteiger partial charge < -0.3 is 9.88 Å². The third-order valence-electron chi connectivity index (χ3n) is 3.54. The molecule has 0 aliphatic rings. The first kappa shape index (κ1) is 12.5.